The lowest BCUT2D eigenvalue weighted by atomic mass is 10.1. The van der Waals surface area contributed by atoms with Crippen LogP contribution in [-0.4, -0.2) is 37.9 Å². The Morgan fingerprint density at radius 2 is 2.06 bits per heavy atom. The maximum Gasteiger partial charge on any atom is 0.337 e. The van der Waals surface area contributed by atoms with Crippen LogP contribution in [-0.2, 0) is 4.74 Å². The fourth-order valence-electron chi connectivity index (χ4n) is 1.88. The minimum Gasteiger partial charge on any atom is -0.478 e. The molecule has 100 valence electrons. The van der Waals surface area contributed by atoms with Crippen molar-refractivity contribution in [2.24, 2.45) is 5.92 Å². The van der Waals surface area contributed by atoms with Crippen LogP contribution in [0.2, 0.25) is 0 Å². The van der Waals surface area contributed by atoms with Crippen LogP contribution in [0.3, 0.4) is 0 Å². The van der Waals surface area contributed by atoms with Gasteiger partial charge in [0.2, 0.25) is 0 Å². The molecule has 4 heteroatoms. The van der Waals surface area contributed by atoms with Gasteiger partial charge >= 0.3 is 5.97 Å². The summed E-state index contributed by atoms with van der Waals surface area (Å²) in [7, 11) is 1.65. The predicted octanol–water partition coefficient (Wildman–Crippen LogP) is 2.49. The summed E-state index contributed by atoms with van der Waals surface area (Å²) >= 11 is 0. The summed E-state index contributed by atoms with van der Waals surface area (Å²) in [6.45, 7) is 6.32. The molecule has 0 spiro atoms. The van der Waals surface area contributed by atoms with Gasteiger partial charge in [0.25, 0.3) is 0 Å². The third-order valence-electron chi connectivity index (χ3n) is 2.63. The van der Waals surface area contributed by atoms with E-state index in [1.54, 1.807) is 19.2 Å². The van der Waals surface area contributed by atoms with Gasteiger partial charge in [0.1, 0.15) is 0 Å². The van der Waals surface area contributed by atoms with Gasteiger partial charge in [0.05, 0.1) is 17.9 Å². The van der Waals surface area contributed by atoms with Crippen molar-refractivity contribution in [3.8, 4) is 0 Å². The van der Waals surface area contributed by atoms with Gasteiger partial charge in [-0.15, -0.1) is 0 Å². The summed E-state index contributed by atoms with van der Waals surface area (Å²) in [5.74, 6) is -0.430. The van der Waals surface area contributed by atoms with Gasteiger partial charge < -0.3 is 14.7 Å². The minimum atomic E-state index is -0.892. The van der Waals surface area contributed by atoms with Crippen LogP contribution in [0.15, 0.2) is 24.3 Å². The van der Waals surface area contributed by atoms with Gasteiger partial charge in [-0.3, -0.25) is 0 Å². The second-order valence-electron chi connectivity index (χ2n) is 4.65. The Kier molecular flexibility index (Phi) is 5.65. The molecule has 0 fully saturated rings. The summed E-state index contributed by atoms with van der Waals surface area (Å²) in [6, 6.07) is 7.10. The Hall–Kier alpha value is -1.55. The smallest absolute Gasteiger partial charge is 0.337 e. The molecule has 0 aliphatic heterocycles. The van der Waals surface area contributed by atoms with Gasteiger partial charge in [0.15, 0.2) is 0 Å². The van der Waals surface area contributed by atoms with E-state index < -0.39 is 5.97 Å². The maximum atomic E-state index is 11.2. The molecule has 0 unspecified atom stereocenters. The molecular formula is C14H21NO3. The van der Waals surface area contributed by atoms with Crippen LogP contribution in [0.4, 0.5) is 5.69 Å². The molecule has 0 saturated heterocycles. The third-order valence-corrected chi connectivity index (χ3v) is 2.63. The van der Waals surface area contributed by atoms with Gasteiger partial charge in [-0.25, -0.2) is 4.79 Å². The minimum absolute atomic E-state index is 0.342. The summed E-state index contributed by atoms with van der Waals surface area (Å²) in [6.07, 6.45) is 0. The quantitative estimate of drug-likeness (QED) is 0.809. The van der Waals surface area contributed by atoms with E-state index in [-0.39, 0.29) is 0 Å². The number of carbonyl (C=O) groups is 1. The zero-order chi connectivity index (χ0) is 13.5. The molecule has 18 heavy (non-hydrogen) atoms. The van der Waals surface area contributed by atoms with Crippen molar-refractivity contribution in [3.63, 3.8) is 0 Å². The number of ether oxygens (including phenoxy) is 1. The van der Waals surface area contributed by atoms with Crippen LogP contribution in [0.25, 0.3) is 0 Å². The predicted molar refractivity (Wildman–Crippen MR) is 72.3 cm³/mol. The molecular weight excluding hydrogens is 230 g/mol. The number of methoxy groups -OCH3 is 1. The van der Waals surface area contributed by atoms with Crippen molar-refractivity contribution >= 4 is 11.7 Å². The summed E-state index contributed by atoms with van der Waals surface area (Å²) in [5.41, 5.74) is 1.10. The summed E-state index contributed by atoms with van der Waals surface area (Å²) < 4.78 is 5.09. The number of aromatic carboxylic acids is 1. The average molecular weight is 251 g/mol. The topological polar surface area (TPSA) is 49.8 Å². The van der Waals surface area contributed by atoms with Gasteiger partial charge in [-0.05, 0) is 18.1 Å². The maximum absolute atomic E-state index is 11.2. The normalized spacial score (nSPS) is 10.7. The number of anilines is 1. The van der Waals surface area contributed by atoms with Crippen molar-refractivity contribution in [2.75, 3.05) is 31.7 Å². The first-order valence-electron chi connectivity index (χ1n) is 6.12. The van der Waals surface area contributed by atoms with Crippen LogP contribution in [0.1, 0.15) is 24.2 Å². The molecule has 0 saturated carbocycles. The molecule has 4 nitrogen and oxygen atoms in total. The Labute approximate surface area is 108 Å². The lowest BCUT2D eigenvalue weighted by molar-refractivity contribution is 0.0697. The third kappa shape index (κ3) is 4.04. The number of rotatable bonds is 7. The lowest BCUT2D eigenvalue weighted by Crippen LogP contribution is -2.32. The second-order valence-corrected chi connectivity index (χ2v) is 4.65. The lowest BCUT2D eigenvalue weighted by Gasteiger charge is -2.27. The molecule has 0 bridgehead atoms. The van der Waals surface area contributed by atoms with Crippen LogP contribution < -0.4 is 4.90 Å². The number of para-hydroxylation sites is 1. The van der Waals surface area contributed by atoms with Gasteiger partial charge in [0, 0.05) is 20.2 Å². The van der Waals surface area contributed by atoms with Crippen LogP contribution in [0, 0.1) is 5.92 Å². The highest BCUT2D eigenvalue weighted by molar-refractivity contribution is 5.94. The highest BCUT2D eigenvalue weighted by Gasteiger charge is 2.16. The Bertz CT molecular complexity index is 390. The van der Waals surface area contributed by atoms with Crippen molar-refractivity contribution < 1.29 is 14.6 Å². The molecule has 0 aliphatic rings. The van der Waals surface area contributed by atoms with E-state index in [4.69, 9.17) is 4.74 Å². The highest BCUT2D eigenvalue weighted by atomic mass is 16.5. The van der Waals surface area contributed by atoms with Crippen LogP contribution >= 0.6 is 0 Å². The molecule has 1 rings (SSSR count). The Morgan fingerprint density at radius 3 is 2.61 bits per heavy atom. The first kappa shape index (κ1) is 14.5. The molecule has 0 aromatic heterocycles. The van der Waals surface area contributed by atoms with Gasteiger partial charge in [-0.2, -0.15) is 0 Å². The molecule has 0 heterocycles. The number of hydrogen-bond donors (Lipinski definition) is 1. The van der Waals surface area contributed by atoms with E-state index in [2.05, 4.69) is 18.7 Å². The SMILES string of the molecule is COCCN(CC(C)C)c1ccccc1C(=O)O. The van der Waals surface area contributed by atoms with E-state index >= 15 is 0 Å². The molecule has 1 N–H and O–H groups in total. The van der Waals surface area contributed by atoms with Gasteiger partial charge in [-0.1, -0.05) is 26.0 Å². The summed E-state index contributed by atoms with van der Waals surface area (Å²) in [4.78, 5) is 13.3. The second kappa shape index (κ2) is 7.01. The van der Waals surface area contributed by atoms with Crippen molar-refractivity contribution in [1.29, 1.82) is 0 Å². The number of carboxylic acid groups (broad SMARTS) is 1. The summed E-state index contributed by atoms with van der Waals surface area (Å²) in [5, 5.41) is 9.22. The van der Waals surface area contributed by atoms with Crippen molar-refractivity contribution in [3.05, 3.63) is 29.8 Å². The van der Waals surface area contributed by atoms with Crippen LogP contribution in [0.5, 0.6) is 0 Å². The Balaban J connectivity index is 2.99. The largest absolute Gasteiger partial charge is 0.478 e. The molecule has 1 aromatic rings. The van der Waals surface area contributed by atoms with Crippen molar-refractivity contribution in [2.45, 2.75) is 13.8 Å². The number of nitrogens with zero attached hydrogens (tertiary/aromatic N) is 1. The number of carboxylic acids is 1. The van der Waals surface area contributed by atoms with E-state index in [0.717, 1.165) is 12.2 Å². The van der Waals surface area contributed by atoms with E-state index in [1.807, 2.05) is 12.1 Å². The average Bonchev–Trinajstić information content (AvgIpc) is 2.34. The monoisotopic (exact) mass is 251 g/mol. The zero-order valence-corrected chi connectivity index (χ0v) is 11.2. The molecule has 0 amide bonds. The molecule has 0 atom stereocenters. The van der Waals surface area contributed by atoms with E-state index in [1.165, 1.54) is 0 Å². The number of benzene rings is 1. The first-order chi connectivity index (χ1) is 8.56. The number of hydrogen-bond acceptors (Lipinski definition) is 3. The van der Waals surface area contributed by atoms with E-state index in [0.29, 0.717) is 24.6 Å². The molecule has 0 aliphatic carbocycles. The van der Waals surface area contributed by atoms with E-state index in [9.17, 15) is 9.90 Å². The fourth-order valence-corrected chi connectivity index (χ4v) is 1.88. The fraction of sp³-hybridized carbons (Fsp3) is 0.500. The van der Waals surface area contributed by atoms with Crippen molar-refractivity contribution in [1.82, 2.24) is 0 Å². The zero-order valence-electron chi connectivity index (χ0n) is 11.2. The Morgan fingerprint density at radius 1 is 1.39 bits per heavy atom. The molecule has 1 aromatic carbocycles. The highest BCUT2D eigenvalue weighted by Crippen LogP contribution is 2.21. The first-order valence-corrected chi connectivity index (χ1v) is 6.12. The standard InChI is InChI=1S/C14H21NO3/c1-11(2)10-15(8-9-18-3)13-7-5-4-6-12(13)14(16)17/h4-7,11H,8-10H2,1-3H3,(H,16,17). The molecule has 0 radical (unpaired) electrons.